The van der Waals surface area contributed by atoms with Gasteiger partial charge in [0.05, 0.1) is 18.4 Å². The molecule has 0 fully saturated rings. The first-order valence-corrected chi connectivity index (χ1v) is 7.42. The molecule has 0 spiro atoms. The third-order valence-electron chi connectivity index (χ3n) is 3.36. The lowest BCUT2D eigenvalue weighted by atomic mass is 10.2. The van der Waals surface area contributed by atoms with Crippen LogP contribution in [-0.4, -0.2) is 25.1 Å². The molecule has 132 valence electrons. The molecule has 0 aliphatic heterocycles. The Kier molecular flexibility index (Phi) is 5.69. The zero-order chi connectivity index (χ0) is 18.6. The Balaban J connectivity index is 2.07. The SMILES string of the molecule is COc1ccc(C)cc1NC(=O)C(C)OC(=O)c1cc(F)cc(F)c1. The number of nitrogens with one attached hydrogen (secondary N) is 1. The molecule has 0 heterocycles. The van der Waals surface area contributed by atoms with Crippen molar-refractivity contribution in [3.05, 3.63) is 59.2 Å². The minimum absolute atomic E-state index is 0.315. The van der Waals surface area contributed by atoms with Gasteiger partial charge in [0.15, 0.2) is 6.10 Å². The summed E-state index contributed by atoms with van der Waals surface area (Å²) < 4.78 is 36.4. The molecule has 0 saturated carbocycles. The Morgan fingerprint density at radius 2 is 1.72 bits per heavy atom. The molecule has 1 amide bonds. The van der Waals surface area contributed by atoms with E-state index in [-0.39, 0.29) is 5.56 Å². The predicted molar refractivity (Wildman–Crippen MR) is 87.6 cm³/mol. The Hall–Kier alpha value is -2.96. The van der Waals surface area contributed by atoms with Crippen molar-refractivity contribution in [1.29, 1.82) is 0 Å². The molecule has 7 heteroatoms. The fourth-order valence-electron chi connectivity index (χ4n) is 2.11. The minimum atomic E-state index is -1.18. The molecule has 2 aromatic rings. The second-order valence-corrected chi connectivity index (χ2v) is 5.40. The van der Waals surface area contributed by atoms with Crippen LogP contribution in [0.2, 0.25) is 0 Å². The van der Waals surface area contributed by atoms with E-state index in [4.69, 9.17) is 9.47 Å². The maximum absolute atomic E-state index is 13.2. The van der Waals surface area contributed by atoms with E-state index in [9.17, 15) is 18.4 Å². The smallest absolute Gasteiger partial charge is 0.339 e. The number of rotatable bonds is 5. The summed E-state index contributed by atoms with van der Waals surface area (Å²) >= 11 is 0. The van der Waals surface area contributed by atoms with Gasteiger partial charge in [-0.05, 0) is 43.7 Å². The molecular weight excluding hydrogens is 332 g/mol. The standard InChI is InChI=1S/C18H17F2NO4/c1-10-4-5-16(24-3)15(6-10)21-17(22)11(2)25-18(23)12-7-13(19)9-14(20)8-12/h4-9,11H,1-3H3,(H,21,22). The molecule has 2 rings (SSSR count). The summed E-state index contributed by atoms with van der Waals surface area (Å²) in [4.78, 5) is 24.1. The van der Waals surface area contributed by atoms with E-state index in [2.05, 4.69) is 5.32 Å². The highest BCUT2D eigenvalue weighted by Crippen LogP contribution is 2.25. The van der Waals surface area contributed by atoms with E-state index in [0.717, 1.165) is 17.7 Å². The number of carbonyl (C=O) groups excluding carboxylic acids is 2. The van der Waals surface area contributed by atoms with Crippen molar-refractivity contribution < 1.29 is 27.8 Å². The van der Waals surface area contributed by atoms with Crippen molar-refractivity contribution in [3.63, 3.8) is 0 Å². The topological polar surface area (TPSA) is 64.6 Å². The molecule has 0 bridgehead atoms. The van der Waals surface area contributed by atoms with Crippen LogP contribution in [0.3, 0.4) is 0 Å². The molecule has 5 nitrogen and oxygen atoms in total. The van der Waals surface area contributed by atoms with Crippen LogP contribution in [0.25, 0.3) is 0 Å². The van der Waals surface area contributed by atoms with Crippen LogP contribution >= 0.6 is 0 Å². The van der Waals surface area contributed by atoms with Gasteiger partial charge in [-0.15, -0.1) is 0 Å². The maximum atomic E-state index is 13.2. The highest BCUT2D eigenvalue weighted by Gasteiger charge is 2.21. The molecule has 2 aromatic carbocycles. The van der Waals surface area contributed by atoms with Crippen LogP contribution in [0.1, 0.15) is 22.8 Å². The maximum Gasteiger partial charge on any atom is 0.339 e. The molecule has 25 heavy (non-hydrogen) atoms. The van der Waals surface area contributed by atoms with Gasteiger partial charge in [0.1, 0.15) is 17.4 Å². The highest BCUT2D eigenvalue weighted by molar-refractivity contribution is 5.98. The second-order valence-electron chi connectivity index (χ2n) is 5.40. The van der Waals surface area contributed by atoms with Gasteiger partial charge in [-0.25, -0.2) is 13.6 Å². The number of halogens is 2. The summed E-state index contributed by atoms with van der Waals surface area (Å²) in [5, 5.41) is 2.59. The molecule has 0 radical (unpaired) electrons. The number of hydrogen-bond donors (Lipinski definition) is 1. The van der Waals surface area contributed by atoms with Crippen molar-refractivity contribution >= 4 is 17.6 Å². The van der Waals surface area contributed by atoms with Crippen LogP contribution in [0.15, 0.2) is 36.4 Å². The number of aryl methyl sites for hydroxylation is 1. The van der Waals surface area contributed by atoms with Gasteiger partial charge in [-0.2, -0.15) is 0 Å². The van der Waals surface area contributed by atoms with E-state index in [1.807, 2.05) is 13.0 Å². The highest BCUT2D eigenvalue weighted by atomic mass is 19.1. The lowest BCUT2D eigenvalue weighted by Crippen LogP contribution is -2.30. The Labute approximate surface area is 143 Å². The van der Waals surface area contributed by atoms with E-state index in [0.29, 0.717) is 17.5 Å². The van der Waals surface area contributed by atoms with Crippen LogP contribution in [-0.2, 0) is 9.53 Å². The Bertz CT molecular complexity index is 787. The lowest BCUT2D eigenvalue weighted by Gasteiger charge is -2.15. The molecule has 0 aromatic heterocycles. The molecule has 1 atom stereocenters. The van der Waals surface area contributed by atoms with Crippen LogP contribution in [0.4, 0.5) is 14.5 Å². The summed E-state index contributed by atoms with van der Waals surface area (Å²) in [5.41, 5.74) is 1.01. The molecule has 0 aliphatic carbocycles. The number of anilines is 1. The van der Waals surface area contributed by atoms with Crippen LogP contribution in [0.5, 0.6) is 5.75 Å². The third kappa shape index (κ3) is 4.76. The first kappa shape index (κ1) is 18.4. The normalized spacial score (nSPS) is 11.6. The number of esters is 1. The van der Waals surface area contributed by atoms with Gasteiger partial charge in [0.25, 0.3) is 5.91 Å². The van der Waals surface area contributed by atoms with E-state index in [1.165, 1.54) is 14.0 Å². The zero-order valence-corrected chi connectivity index (χ0v) is 13.9. The zero-order valence-electron chi connectivity index (χ0n) is 13.9. The Morgan fingerprint density at radius 3 is 2.32 bits per heavy atom. The van der Waals surface area contributed by atoms with Crippen molar-refractivity contribution in [2.75, 3.05) is 12.4 Å². The fourth-order valence-corrected chi connectivity index (χ4v) is 2.11. The van der Waals surface area contributed by atoms with Gasteiger partial charge in [0.2, 0.25) is 0 Å². The number of benzene rings is 2. The number of amides is 1. The van der Waals surface area contributed by atoms with Gasteiger partial charge in [-0.3, -0.25) is 4.79 Å². The average Bonchev–Trinajstić information content (AvgIpc) is 2.54. The molecule has 0 saturated heterocycles. The Morgan fingerprint density at radius 1 is 1.08 bits per heavy atom. The second kappa shape index (κ2) is 7.74. The average molecular weight is 349 g/mol. The summed E-state index contributed by atoms with van der Waals surface area (Å²) in [7, 11) is 1.46. The fraction of sp³-hybridized carbons (Fsp3) is 0.222. The van der Waals surface area contributed by atoms with Gasteiger partial charge < -0.3 is 14.8 Å². The first-order valence-electron chi connectivity index (χ1n) is 7.42. The monoisotopic (exact) mass is 349 g/mol. The third-order valence-corrected chi connectivity index (χ3v) is 3.36. The van der Waals surface area contributed by atoms with Crippen LogP contribution < -0.4 is 10.1 Å². The number of methoxy groups -OCH3 is 1. The van der Waals surface area contributed by atoms with Gasteiger partial charge >= 0.3 is 5.97 Å². The lowest BCUT2D eigenvalue weighted by molar-refractivity contribution is -0.123. The summed E-state index contributed by atoms with van der Waals surface area (Å²) in [6.07, 6.45) is -1.18. The molecule has 0 aliphatic rings. The summed E-state index contributed by atoms with van der Waals surface area (Å²) in [5.74, 6) is -2.97. The van der Waals surface area contributed by atoms with E-state index < -0.39 is 29.6 Å². The largest absolute Gasteiger partial charge is 0.495 e. The van der Waals surface area contributed by atoms with Crippen LogP contribution in [0, 0.1) is 18.6 Å². The molecule has 1 unspecified atom stereocenters. The quantitative estimate of drug-likeness (QED) is 0.840. The number of ether oxygens (including phenoxy) is 2. The van der Waals surface area contributed by atoms with Gasteiger partial charge in [0, 0.05) is 6.07 Å². The van der Waals surface area contributed by atoms with Gasteiger partial charge in [-0.1, -0.05) is 6.07 Å². The predicted octanol–water partition coefficient (Wildman–Crippen LogP) is 3.47. The molecule has 1 N–H and O–H groups in total. The van der Waals surface area contributed by atoms with E-state index >= 15 is 0 Å². The molecular formula is C18H17F2NO4. The van der Waals surface area contributed by atoms with E-state index in [1.54, 1.807) is 12.1 Å². The summed E-state index contributed by atoms with van der Waals surface area (Å²) in [6.45, 7) is 3.20. The number of carbonyl (C=O) groups is 2. The van der Waals surface area contributed by atoms with Crippen molar-refractivity contribution in [2.45, 2.75) is 20.0 Å². The van der Waals surface area contributed by atoms with Crippen molar-refractivity contribution in [1.82, 2.24) is 0 Å². The van der Waals surface area contributed by atoms with Crippen molar-refractivity contribution in [3.8, 4) is 5.75 Å². The summed E-state index contributed by atoms with van der Waals surface area (Å²) in [6, 6.07) is 7.51. The van der Waals surface area contributed by atoms with Crippen molar-refractivity contribution in [2.24, 2.45) is 0 Å². The minimum Gasteiger partial charge on any atom is -0.495 e. The first-order chi connectivity index (χ1) is 11.8. The number of hydrogen-bond acceptors (Lipinski definition) is 4.